The maximum Gasteiger partial charge on any atom is 0.269 e. The highest BCUT2D eigenvalue weighted by atomic mass is 32.2. The molecule has 0 saturated carbocycles. The van der Waals surface area contributed by atoms with Crippen LogP contribution in [0.4, 0.5) is 5.13 Å². The molecule has 0 amide bonds. The van der Waals surface area contributed by atoms with Gasteiger partial charge in [0.05, 0.1) is 17.7 Å². The average molecular weight is 327 g/mol. The maximum absolute atomic E-state index is 12.3. The molecule has 0 bridgehead atoms. The molecular formula is C12H13N3O4S2. The summed E-state index contributed by atoms with van der Waals surface area (Å²) in [5.41, 5.74) is 0.291. The maximum atomic E-state index is 12.3. The van der Waals surface area contributed by atoms with Crippen LogP contribution in [-0.4, -0.2) is 30.3 Å². The Labute approximate surface area is 126 Å². The molecule has 2 heterocycles. The number of sulfonamides is 1. The Kier molecular flexibility index (Phi) is 4.62. The van der Waals surface area contributed by atoms with Gasteiger partial charge >= 0.3 is 0 Å². The third-order valence-electron chi connectivity index (χ3n) is 2.41. The molecule has 2 rings (SSSR count). The molecule has 2 aromatic heterocycles. The molecule has 112 valence electrons. The molecule has 0 aromatic carbocycles. The predicted molar refractivity (Wildman–Crippen MR) is 77.5 cm³/mol. The van der Waals surface area contributed by atoms with E-state index < -0.39 is 10.0 Å². The van der Waals surface area contributed by atoms with Crippen molar-refractivity contribution >= 4 is 26.5 Å². The summed E-state index contributed by atoms with van der Waals surface area (Å²) in [6, 6.07) is 0. The highest BCUT2D eigenvalue weighted by molar-refractivity contribution is 7.93. The molecule has 0 spiro atoms. The van der Waals surface area contributed by atoms with Crippen molar-refractivity contribution in [3.05, 3.63) is 22.5 Å². The summed E-state index contributed by atoms with van der Waals surface area (Å²) in [4.78, 5) is 4.59. The number of thiazole rings is 1. The first-order chi connectivity index (χ1) is 9.94. The van der Waals surface area contributed by atoms with Crippen LogP contribution in [0.3, 0.4) is 0 Å². The van der Waals surface area contributed by atoms with E-state index in [-0.39, 0.29) is 22.4 Å². The van der Waals surface area contributed by atoms with E-state index in [0.717, 1.165) is 11.3 Å². The highest BCUT2D eigenvalue weighted by Crippen LogP contribution is 2.24. The van der Waals surface area contributed by atoms with Crippen LogP contribution in [0.25, 0.3) is 0 Å². The Morgan fingerprint density at radius 2 is 2.24 bits per heavy atom. The van der Waals surface area contributed by atoms with E-state index in [2.05, 4.69) is 26.7 Å². The smallest absolute Gasteiger partial charge is 0.269 e. The molecule has 0 radical (unpaired) electrons. The number of aryl methyl sites for hydroxylation is 2. The van der Waals surface area contributed by atoms with Crippen LogP contribution in [-0.2, 0) is 10.0 Å². The van der Waals surface area contributed by atoms with Crippen molar-refractivity contribution in [1.82, 2.24) is 10.1 Å². The fourth-order valence-electron chi connectivity index (χ4n) is 1.61. The van der Waals surface area contributed by atoms with Gasteiger partial charge in [0.1, 0.15) is 5.69 Å². The Bertz CT molecular complexity index is 777. The number of aromatic nitrogens is 2. The molecule has 21 heavy (non-hydrogen) atoms. The lowest BCUT2D eigenvalue weighted by molar-refractivity contribution is 0.305. The second-order valence-corrected chi connectivity index (χ2v) is 6.71. The number of rotatable bonds is 4. The number of aliphatic hydroxyl groups excluding tert-OH is 1. The predicted octanol–water partition coefficient (Wildman–Crippen LogP) is 1.28. The van der Waals surface area contributed by atoms with Crippen molar-refractivity contribution in [1.29, 1.82) is 0 Å². The van der Waals surface area contributed by atoms with Crippen molar-refractivity contribution < 1.29 is 18.0 Å². The first-order valence-corrected chi connectivity index (χ1v) is 8.25. The Morgan fingerprint density at radius 1 is 1.48 bits per heavy atom. The minimum atomic E-state index is -3.79. The molecule has 0 aliphatic rings. The first kappa shape index (κ1) is 15.5. The monoisotopic (exact) mass is 327 g/mol. The standard InChI is InChI=1S/C12H13N3O4S2/c1-8-11(9(2)19-14-8)21(17,18)15-12-13-7-10(20-12)5-3-4-6-16/h7,16H,4,6H2,1-2H3,(H,13,15). The second kappa shape index (κ2) is 6.26. The topological polar surface area (TPSA) is 105 Å². The largest absolute Gasteiger partial charge is 0.395 e. The van der Waals surface area contributed by atoms with Crippen LogP contribution >= 0.6 is 11.3 Å². The zero-order valence-corrected chi connectivity index (χ0v) is 13.0. The van der Waals surface area contributed by atoms with Gasteiger partial charge in [-0.3, -0.25) is 4.72 Å². The van der Waals surface area contributed by atoms with Crippen LogP contribution in [0, 0.1) is 25.7 Å². The van der Waals surface area contributed by atoms with E-state index >= 15 is 0 Å². The van der Waals surface area contributed by atoms with E-state index in [1.54, 1.807) is 6.92 Å². The fraction of sp³-hybridized carbons (Fsp3) is 0.333. The molecule has 0 unspecified atom stereocenters. The third kappa shape index (κ3) is 3.60. The summed E-state index contributed by atoms with van der Waals surface area (Å²) in [6.45, 7) is 3.07. The molecule has 0 aliphatic heterocycles. The van der Waals surface area contributed by atoms with Gasteiger partial charge in [0.2, 0.25) is 0 Å². The van der Waals surface area contributed by atoms with E-state index in [0.29, 0.717) is 17.0 Å². The van der Waals surface area contributed by atoms with Gasteiger partial charge < -0.3 is 9.63 Å². The zero-order valence-electron chi connectivity index (χ0n) is 11.4. The number of hydrogen-bond acceptors (Lipinski definition) is 7. The van der Waals surface area contributed by atoms with Crippen LogP contribution in [0.1, 0.15) is 22.8 Å². The molecule has 2 N–H and O–H groups in total. The van der Waals surface area contributed by atoms with Crippen molar-refractivity contribution in [2.75, 3.05) is 11.3 Å². The highest BCUT2D eigenvalue weighted by Gasteiger charge is 2.25. The lowest BCUT2D eigenvalue weighted by Crippen LogP contribution is -2.14. The normalized spacial score (nSPS) is 11.0. The molecule has 0 atom stereocenters. The van der Waals surface area contributed by atoms with Crippen LogP contribution in [0.5, 0.6) is 0 Å². The summed E-state index contributed by atoms with van der Waals surface area (Å²) in [6.07, 6.45) is 1.83. The quantitative estimate of drug-likeness (QED) is 0.820. The minimum Gasteiger partial charge on any atom is -0.395 e. The SMILES string of the molecule is Cc1noc(C)c1S(=O)(=O)Nc1ncc(C#CCCO)s1. The van der Waals surface area contributed by atoms with Gasteiger partial charge in [-0.05, 0) is 13.8 Å². The summed E-state index contributed by atoms with van der Waals surface area (Å²) in [5.74, 6) is 5.75. The fourth-order valence-corrected chi connectivity index (χ4v) is 3.87. The van der Waals surface area contributed by atoms with Gasteiger partial charge in [0, 0.05) is 6.42 Å². The summed E-state index contributed by atoms with van der Waals surface area (Å²) in [5, 5.41) is 12.5. The summed E-state index contributed by atoms with van der Waals surface area (Å²) in [7, 11) is -3.79. The third-order valence-corrected chi connectivity index (χ3v) is 4.95. The number of hydrogen-bond donors (Lipinski definition) is 2. The van der Waals surface area contributed by atoms with Gasteiger partial charge in [-0.15, -0.1) is 0 Å². The van der Waals surface area contributed by atoms with Crippen molar-refractivity contribution in [2.45, 2.75) is 25.2 Å². The van der Waals surface area contributed by atoms with Gasteiger partial charge in [-0.2, -0.15) is 0 Å². The van der Waals surface area contributed by atoms with E-state index in [4.69, 9.17) is 9.63 Å². The molecule has 0 fully saturated rings. The van der Waals surface area contributed by atoms with Crippen molar-refractivity contribution in [2.24, 2.45) is 0 Å². The second-order valence-electron chi connectivity index (χ2n) is 4.06. The molecule has 9 heteroatoms. The van der Waals surface area contributed by atoms with Crippen LogP contribution < -0.4 is 4.72 Å². The number of aliphatic hydroxyl groups is 1. The van der Waals surface area contributed by atoms with Crippen LogP contribution in [0.2, 0.25) is 0 Å². The van der Waals surface area contributed by atoms with E-state index in [9.17, 15) is 8.42 Å². The zero-order chi connectivity index (χ0) is 15.5. The average Bonchev–Trinajstić information content (AvgIpc) is 2.96. The Morgan fingerprint density at radius 3 is 2.86 bits per heavy atom. The molecule has 0 aliphatic carbocycles. The van der Waals surface area contributed by atoms with Gasteiger partial charge in [-0.1, -0.05) is 28.3 Å². The first-order valence-electron chi connectivity index (χ1n) is 5.95. The molecule has 0 saturated heterocycles. The van der Waals surface area contributed by atoms with Gasteiger partial charge in [0.15, 0.2) is 15.8 Å². The molecule has 2 aromatic rings. The lowest BCUT2D eigenvalue weighted by Gasteiger charge is -2.03. The Balaban J connectivity index is 2.21. The van der Waals surface area contributed by atoms with E-state index in [1.807, 2.05) is 0 Å². The number of anilines is 1. The number of nitrogens with zero attached hydrogens (tertiary/aromatic N) is 2. The van der Waals surface area contributed by atoms with Gasteiger partial charge in [0.25, 0.3) is 10.0 Å². The summed E-state index contributed by atoms with van der Waals surface area (Å²) >= 11 is 1.11. The number of nitrogens with one attached hydrogen (secondary N) is 1. The lowest BCUT2D eigenvalue weighted by atomic mass is 10.4. The Hall–Kier alpha value is -1.89. The molecular weight excluding hydrogens is 314 g/mol. The minimum absolute atomic E-state index is 0.0165. The van der Waals surface area contributed by atoms with E-state index in [1.165, 1.54) is 13.1 Å². The van der Waals surface area contributed by atoms with Crippen molar-refractivity contribution in [3.63, 3.8) is 0 Å². The van der Waals surface area contributed by atoms with Crippen molar-refractivity contribution in [3.8, 4) is 11.8 Å². The van der Waals surface area contributed by atoms with Crippen LogP contribution in [0.15, 0.2) is 15.6 Å². The summed E-state index contributed by atoms with van der Waals surface area (Å²) < 4.78 is 31.8. The van der Waals surface area contributed by atoms with Gasteiger partial charge in [-0.25, -0.2) is 13.4 Å². The molecule has 7 nitrogen and oxygen atoms in total.